The molecule has 0 aliphatic rings. The summed E-state index contributed by atoms with van der Waals surface area (Å²) in [7, 11) is 0. The van der Waals surface area contributed by atoms with E-state index < -0.39 is 0 Å². The van der Waals surface area contributed by atoms with Crippen LogP contribution in [0.1, 0.15) is 5.56 Å². The number of halogens is 1. The van der Waals surface area contributed by atoms with E-state index in [1.807, 2.05) is 25.1 Å². The zero-order chi connectivity index (χ0) is 10.8. The molecule has 1 heterocycles. The first-order valence-corrected chi connectivity index (χ1v) is 4.65. The van der Waals surface area contributed by atoms with Crippen LogP contribution in [0.15, 0.2) is 22.7 Å². The van der Waals surface area contributed by atoms with Crippen molar-refractivity contribution in [2.45, 2.75) is 6.92 Å². The number of benzene rings is 1. The number of nitrogens with two attached hydrogens (primary N) is 1. The minimum Gasteiger partial charge on any atom is -0.365 e. The van der Waals surface area contributed by atoms with Crippen LogP contribution < -0.4 is 11.1 Å². The maximum Gasteiger partial charge on any atom is 0.327 e. The van der Waals surface area contributed by atoms with Gasteiger partial charge in [-0.25, -0.2) is 0 Å². The minimum atomic E-state index is 0.0840. The topological polar surface area (TPSA) is 77.0 Å². The lowest BCUT2D eigenvalue weighted by atomic mass is 10.2. The number of aryl methyl sites for hydroxylation is 1. The molecule has 2 rings (SSSR count). The minimum absolute atomic E-state index is 0.0840. The highest BCUT2D eigenvalue weighted by Crippen LogP contribution is 2.25. The Kier molecular flexibility index (Phi) is 2.47. The third-order valence-electron chi connectivity index (χ3n) is 1.81. The van der Waals surface area contributed by atoms with Gasteiger partial charge >= 0.3 is 6.01 Å². The third kappa shape index (κ3) is 2.19. The van der Waals surface area contributed by atoms with Gasteiger partial charge in [0, 0.05) is 0 Å². The lowest BCUT2D eigenvalue weighted by Gasteiger charge is -2.03. The Hall–Kier alpha value is -1.75. The van der Waals surface area contributed by atoms with Crippen molar-refractivity contribution in [1.82, 2.24) is 10.1 Å². The smallest absolute Gasteiger partial charge is 0.327 e. The number of hydrogen-bond donors (Lipinski definition) is 2. The number of nitrogen functional groups attached to an aromatic ring is 1. The third-order valence-corrected chi connectivity index (χ3v) is 2.12. The van der Waals surface area contributed by atoms with Crippen molar-refractivity contribution in [3.8, 4) is 0 Å². The summed E-state index contributed by atoms with van der Waals surface area (Å²) in [6.07, 6.45) is 0. The van der Waals surface area contributed by atoms with Gasteiger partial charge in [0.15, 0.2) is 0 Å². The monoisotopic (exact) mass is 224 g/mol. The Morgan fingerprint density at radius 3 is 2.87 bits per heavy atom. The molecule has 0 atom stereocenters. The Morgan fingerprint density at radius 2 is 2.27 bits per heavy atom. The summed E-state index contributed by atoms with van der Waals surface area (Å²) in [5.74, 6) is 0.0840. The molecule has 15 heavy (non-hydrogen) atoms. The molecule has 78 valence electrons. The fourth-order valence-corrected chi connectivity index (χ4v) is 1.40. The molecule has 3 N–H and O–H groups in total. The molecule has 6 heteroatoms. The fraction of sp³-hybridized carbons (Fsp3) is 0.111. The number of nitrogens with one attached hydrogen (secondary N) is 1. The SMILES string of the molecule is Cc1ccc(Nc2nc(N)no2)c(Cl)c1. The quantitative estimate of drug-likeness (QED) is 0.819. The van der Waals surface area contributed by atoms with Crippen LogP contribution >= 0.6 is 11.6 Å². The highest BCUT2D eigenvalue weighted by Gasteiger charge is 2.05. The van der Waals surface area contributed by atoms with E-state index in [-0.39, 0.29) is 12.0 Å². The molecule has 1 aromatic carbocycles. The number of rotatable bonds is 2. The van der Waals surface area contributed by atoms with Crippen molar-refractivity contribution in [2.24, 2.45) is 0 Å². The van der Waals surface area contributed by atoms with Gasteiger partial charge in [-0.2, -0.15) is 4.98 Å². The summed E-state index contributed by atoms with van der Waals surface area (Å²) in [4.78, 5) is 3.80. The Labute approximate surface area is 91.2 Å². The molecular formula is C9H9ClN4O. The van der Waals surface area contributed by atoms with Crippen LogP contribution in [0, 0.1) is 6.92 Å². The summed E-state index contributed by atoms with van der Waals surface area (Å²) >= 11 is 6.00. The maximum atomic E-state index is 6.00. The average Bonchev–Trinajstić information content (AvgIpc) is 2.56. The standard InChI is InChI=1S/C9H9ClN4O/c1-5-2-3-7(6(10)4-5)12-9-13-8(11)14-15-9/h2-4H,1H3,(H3,11,12,13,14). The van der Waals surface area contributed by atoms with E-state index in [1.165, 1.54) is 0 Å². The van der Waals surface area contributed by atoms with E-state index in [0.29, 0.717) is 10.7 Å². The summed E-state index contributed by atoms with van der Waals surface area (Å²) in [5.41, 5.74) is 7.08. The van der Waals surface area contributed by atoms with Crippen molar-refractivity contribution in [3.05, 3.63) is 28.8 Å². The average molecular weight is 225 g/mol. The van der Waals surface area contributed by atoms with Gasteiger partial charge in [-0.15, -0.1) is 0 Å². The van der Waals surface area contributed by atoms with Crippen LogP contribution in [0.2, 0.25) is 5.02 Å². The van der Waals surface area contributed by atoms with Crippen LogP contribution in [-0.2, 0) is 0 Å². The van der Waals surface area contributed by atoms with Crippen LogP contribution in [0.25, 0.3) is 0 Å². The second-order valence-electron chi connectivity index (χ2n) is 3.07. The molecule has 0 saturated carbocycles. The molecule has 1 aromatic heterocycles. The molecule has 0 aliphatic heterocycles. The number of anilines is 3. The molecule has 0 fully saturated rings. The first kappa shape index (κ1) is 9.79. The van der Waals surface area contributed by atoms with Crippen LogP contribution in [0.3, 0.4) is 0 Å². The number of aromatic nitrogens is 2. The van der Waals surface area contributed by atoms with E-state index in [0.717, 1.165) is 5.56 Å². The van der Waals surface area contributed by atoms with Gasteiger partial charge in [0.05, 0.1) is 10.7 Å². The van der Waals surface area contributed by atoms with Crippen LogP contribution in [0.5, 0.6) is 0 Å². The van der Waals surface area contributed by atoms with Crippen molar-refractivity contribution in [1.29, 1.82) is 0 Å². The number of hydrogen-bond acceptors (Lipinski definition) is 5. The van der Waals surface area contributed by atoms with Crippen LogP contribution in [-0.4, -0.2) is 10.1 Å². The lowest BCUT2D eigenvalue weighted by Crippen LogP contribution is -1.92. The molecule has 0 amide bonds. The molecule has 0 bridgehead atoms. The summed E-state index contributed by atoms with van der Waals surface area (Å²) in [5, 5.41) is 6.90. The molecule has 0 aliphatic carbocycles. The van der Waals surface area contributed by atoms with Gasteiger partial charge in [-0.05, 0) is 29.8 Å². The largest absolute Gasteiger partial charge is 0.365 e. The van der Waals surface area contributed by atoms with Gasteiger partial charge in [-0.3, -0.25) is 0 Å². The highest BCUT2D eigenvalue weighted by molar-refractivity contribution is 6.33. The lowest BCUT2D eigenvalue weighted by molar-refractivity contribution is 0.436. The summed E-state index contributed by atoms with van der Waals surface area (Å²) in [6.45, 7) is 1.96. The normalized spacial score (nSPS) is 10.3. The summed E-state index contributed by atoms with van der Waals surface area (Å²) < 4.78 is 4.80. The maximum absolute atomic E-state index is 6.00. The Morgan fingerprint density at radius 1 is 1.47 bits per heavy atom. The molecule has 0 unspecified atom stereocenters. The first-order valence-electron chi connectivity index (χ1n) is 4.27. The van der Waals surface area contributed by atoms with Crippen molar-refractivity contribution < 1.29 is 4.52 Å². The Balaban J connectivity index is 2.24. The molecule has 0 spiro atoms. The zero-order valence-corrected chi connectivity index (χ0v) is 8.75. The molecular weight excluding hydrogens is 216 g/mol. The predicted octanol–water partition coefficient (Wildman–Crippen LogP) is 2.36. The van der Waals surface area contributed by atoms with E-state index in [1.54, 1.807) is 0 Å². The van der Waals surface area contributed by atoms with Gasteiger partial charge < -0.3 is 15.6 Å². The summed E-state index contributed by atoms with van der Waals surface area (Å²) in [6, 6.07) is 5.81. The second kappa shape index (κ2) is 3.78. The first-order chi connectivity index (χ1) is 7.15. The van der Waals surface area contributed by atoms with Crippen molar-refractivity contribution >= 4 is 29.3 Å². The van der Waals surface area contributed by atoms with Gasteiger partial charge in [0.25, 0.3) is 5.95 Å². The fourth-order valence-electron chi connectivity index (χ4n) is 1.12. The number of nitrogens with zero attached hydrogens (tertiary/aromatic N) is 2. The highest BCUT2D eigenvalue weighted by atomic mass is 35.5. The zero-order valence-electron chi connectivity index (χ0n) is 7.99. The molecule has 2 aromatic rings. The van der Waals surface area contributed by atoms with Gasteiger partial charge in [0.1, 0.15) is 0 Å². The van der Waals surface area contributed by atoms with Gasteiger partial charge in [0.2, 0.25) is 0 Å². The molecule has 0 radical (unpaired) electrons. The van der Waals surface area contributed by atoms with Crippen LogP contribution in [0.4, 0.5) is 17.7 Å². The predicted molar refractivity (Wildman–Crippen MR) is 58.2 cm³/mol. The Bertz CT molecular complexity index is 483. The second-order valence-corrected chi connectivity index (χ2v) is 3.47. The van der Waals surface area contributed by atoms with E-state index in [2.05, 4.69) is 15.5 Å². The van der Waals surface area contributed by atoms with E-state index in [4.69, 9.17) is 21.9 Å². The molecule has 0 saturated heterocycles. The van der Waals surface area contributed by atoms with Crippen molar-refractivity contribution in [2.75, 3.05) is 11.1 Å². The van der Waals surface area contributed by atoms with Crippen molar-refractivity contribution in [3.63, 3.8) is 0 Å². The van der Waals surface area contributed by atoms with E-state index >= 15 is 0 Å². The molecule has 5 nitrogen and oxygen atoms in total. The van der Waals surface area contributed by atoms with E-state index in [9.17, 15) is 0 Å². The van der Waals surface area contributed by atoms with Gasteiger partial charge in [-0.1, -0.05) is 17.7 Å².